The summed E-state index contributed by atoms with van der Waals surface area (Å²) in [5.41, 5.74) is 0.850. The second-order valence-electron chi connectivity index (χ2n) is 7.87. The van der Waals surface area contributed by atoms with Crippen molar-refractivity contribution >= 4 is 16.6 Å². The molecule has 1 aliphatic heterocycles. The molecule has 0 N–H and O–H groups in total. The molecule has 2 atom stereocenters. The summed E-state index contributed by atoms with van der Waals surface area (Å²) in [4.78, 5) is 15.7. The first-order valence-corrected chi connectivity index (χ1v) is 9.48. The first-order chi connectivity index (χ1) is 12.1. The summed E-state index contributed by atoms with van der Waals surface area (Å²) in [6.45, 7) is 5.51. The summed E-state index contributed by atoms with van der Waals surface area (Å²) in [6, 6.07) is 12.1. The smallest absolute Gasteiger partial charge is 0.167 e. The van der Waals surface area contributed by atoms with Gasteiger partial charge in [0.1, 0.15) is 5.75 Å². The third-order valence-corrected chi connectivity index (χ3v) is 5.92. The number of nitrogens with zero attached hydrogens (tertiary/aromatic N) is 1. The van der Waals surface area contributed by atoms with Crippen molar-refractivity contribution < 1.29 is 9.53 Å². The standard InChI is InChI=1S/C22H27NO2/c1-15-9-10-23(13-16-3-4-16)14-21(15)22(24)19-6-5-18-12-20(25-2)8-7-17(18)11-19/h5-8,11-12,15-16,21H,3-4,9-10,13-14H2,1-2H3/t15-,21-/m0/s1. The van der Waals surface area contributed by atoms with Crippen LogP contribution in [-0.4, -0.2) is 37.4 Å². The monoisotopic (exact) mass is 337 g/mol. The van der Waals surface area contributed by atoms with E-state index in [-0.39, 0.29) is 5.92 Å². The Bertz CT molecular complexity index is 781. The summed E-state index contributed by atoms with van der Waals surface area (Å²) in [6.07, 6.45) is 3.88. The number of carbonyl (C=O) groups is 1. The van der Waals surface area contributed by atoms with E-state index in [1.807, 2.05) is 36.4 Å². The van der Waals surface area contributed by atoms with Gasteiger partial charge in [-0.05, 0) is 66.6 Å². The predicted octanol–water partition coefficient (Wildman–Crippen LogP) is 4.40. The van der Waals surface area contributed by atoms with Crippen LogP contribution in [0.1, 0.15) is 36.5 Å². The van der Waals surface area contributed by atoms with Crippen LogP contribution in [0, 0.1) is 17.8 Å². The van der Waals surface area contributed by atoms with Gasteiger partial charge in [0.2, 0.25) is 0 Å². The third kappa shape index (κ3) is 3.57. The van der Waals surface area contributed by atoms with Crippen molar-refractivity contribution in [2.45, 2.75) is 26.2 Å². The van der Waals surface area contributed by atoms with Crippen LogP contribution in [0.5, 0.6) is 5.75 Å². The third-order valence-electron chi connectivity index (χ3n) is 5.92. The Morgan fingerprint density at radius 1 is 1.12 bits per heavy atom. The topological polar surface area (TPSA) is 29.5 Å². The lowest BCUT2D eigenvalue weighted by atomic mass is 9.81. The molecule has 1 saturated carbocycles. The summed E-state index contributed by atoms with van der Waals surface area (Å²) in [7, 11) is 1.68. The maximum Gasteiger partial charge on any atom is 0.167 e. The molecule has 1 aliphatic carbocycles. The maximum atomic E-state index is 13.2. The highest BCUT2D eigenvalue weighted by Crippen LogP contribution is 2.33. The number of hydrogen-bond donors (Lipinski definition) is 0. The fourth-order valence-corrected chi connectivity index (χ4v) is 4.03. The molecule has 0 amide bonds. The molecule has 1 saturated heterocycles. The molecule has 2 aromatic carbocycles. The fourth-order valence-electron chi connectivity index (χ4n) is 4.03. The number of hydrogen-bond acceptors (Lipinski definition) is 3. The number of benzene rings is 2. The Balaban J connectivity index is 1.54. The van der Waals surface area contributed by atoms with Crippen LogP contribution < -0.4 is 4.74 Å². The van der Waals surface area contributed by atoms with Gasteiger partial charge < -0.3 is 9.64 Å². The van der Waals surface area contributed by atoms with Crippen LogP contribution >= 0.6 is 0 Å². The minimum absolute atomic E-state index is 0.128. The summed E-state index contributed by atoms with van der Waals surface area (Å²) >= 11 is 0. The molecule has 4 rings (SSSR count). The van der Waals surface area contributed by atoms with Crippen LogP contribution in [0.15, 0.2) is 36.4 Å². The predicted molar refractivity (Wildman–Crippen MR) is 101 cm³/mol. The van der Waals surface area contributed by atoms with E-state index >= 15 is 0 Å². The van der Waals surface area contributed by atoms with Crippen molar-refractivity contribution in [3.8, 4) is 5.75 Å². The molecule has 132 valence electrons. The van der Waals surface area contributed by atoms with Crippen LogP contribution in [0.3, 0.4) is 0 Å². The molecule has 1 heterocycles. The number of fused-ring (bicyclic) bond motifs is 1. The number of Topliss-reactive ketones (excluding diaryl/α,β-unsaturated/α-hetero) is 1. The van der Waals surface area contributed by atoms with Crippen LogP contribution in [0.2, 0.25) is 0 Å². The van der Waals surface area contributed by atoms with Crippen molar-refractivity contribution in [3.63, 3.8) is 0 Å². The molecule has 0 radical (unpaired) electrons. The highest BCUT2D eigenvalue weighted by Gasteiger charge is 2.34. The molecule has 0 spiro atoms. The summed E-state index contributed by atoms with van der Waals surface area (Å²) in [5, 5.41) is 2.22. The SMILES string of the molecule is COc1ccc2cc(C(=O)[C@H]3CN(CC4CC4)CC[C@@H]3C)ccc2c1. The van der Waals surface area contributed by atoms with E-state index in [9.17, 15) is 4.79 Å². The normalized spacial score (nSPS) is 24.4. The average Bonchev–Trinajstić information content (AvgIpc) is 3.46. The molecule has 25 heavy (non-hydrogen) atoms. The van der Waals surface area contributed by atoms with Crippen LogP contribution in [-0.2, 0) is 0 Å². The Kier molecular flexibility index (Phi) is 4.51. The zero-order valence-electron chi connectivity index (χ0n) is 15.2. The van der Waals surface area contributed by atoms with Crippen LogP contribution in [0.4, 0.5) is 0 Å². The number of piperidine rings is 1. The second kappa shape index (κ2) is 6.80. The van der Waals surface area contributed by atoms with Crippen molar-refractivity contribution in [2.24, 2.45) is 17.8 Å². The Morgan fingerprint density at radius 2 is 1.88 bits per heavy atom. The Morgan fingerprint density at radius 3 is 2.64 bits per heavy atom. The van der Waals surface area contributed by atoms with Gasteiger partial charge in [0.25, 0.3) is 0 Å². The number of methoxy groups -OCH3 is 1. The molecular formula is C22H27NO2. The van der Waals surface area contributed by atoms with E-state index in [0.717, 1.165) is 47.5 Å². The molecule has 0 aromatic heterocycles. The van der Waals surface area contributed by atoms with Crippen molar-refractivity contribution in [2.75, 3.05) is 26.7 Å². The van der Waals surface area contributed by atoms with Gasteiger partial charge in [0, 0.05) is 24.6 Å². The number of carbonyl (C=O) groups excluding carboxylic acids is 1. The zero-order valence-corrected chi connectivity index (χ0v) is 15.2. The number of ether oxygens (including phenoxy) is 1. The summed E-state index contributed by atoms with van der Waals surface area (Å²) < 4.78 is 5.29. The molecule has 2 aliphatic rings. The average molecular weight is 337 g/mol. The van der Waals surface area contributed by atoms with Gasteiger partial charge in [-0.1, -0.05) is 25.1 Å². The zero-order chi connectivity index (χ0) is 17.4. The molecule has 2 fully saturated rings. The van der Waals surface area contributed by atoms with Gasteiger partial charge >= 0.3 is 0 Å². The van der Waals surface area contributed by atoms with E-state index in [0.29, 0.717) is 11.7 Å². The molecule has 3 heteroatoms. The van der Waals surface area contributed by atoms with E-state index < -0.39 is 0 Å². The Labute approximate surface area is 150 Å². The minimum atomic E-state index is 0.128. The van der Waals surface area contributed by atoms with E-state index in [4.69, 9.17) is 4.74 Å². The van der Waals surface area contributed by atoms with Crippen LogP contribution in [0.25, 0.3) is 10.8 Å². The van der Waals surface area contributed by atoms with E-state index in [1.165, 1.54) is 19.4 Å². The molecule has 3 nitrogen and oxygen atoms in total. The first kappa shape index (κ1) is 16.6. The first-order valence-electron chi connectivity index (χ1n) is 9.48. The maximum absolute atomic E-state index is 13.2. The molecule has 2 aromatic rings. The lowest BCUT2D eigenvalue weighted by molar-refractivity contribution is 0.0711. The van der Waals surface area contributed by atoms with Gasteiger partial charge in [-0.15, -0.1) is 0 Å². The number of rotatable bonds is 5. The van der Waals surface area contributed by atoms with Gasteiger partial charge in [0.15, 0.2) is 5.78 Å². The van der Waals surface area contributed by atoms with Gasteiger partial charge in [-0.3, -0.25) is 4.79 Å². The number of ketones is 1. The van der Waals surface area contributed by atoms with E-state index in [1.54, 1.807) is 7.11 Å². The van der Waals surface area contributed by atoms with Gasteiger partial charge in [-0.25, -0.2) is 0 Å². The molecular weight excluding hydrogens is 310 g/mol. The highest BCUT2D eigenvalue weighted by molar-refractivity contribution is 6.01. The van der Waals surface area contributed by atoms with Gasteiger partial charge in [-0.2, -0.15) is 0 Å². The van der Waals surface area contributed by atoms with Crippen molar-refractivity contribution in [3.05, 3.63) is 42.0 Å². The van der Waals surface area contributed by atoms with Crippen molar-refractivity contribution in [1.29, 1.82) is 0 Å². The number of likely N-dealkylation sites (tertiary alicyclic amines) is 1. The minimum Gasteiger partial charge on any atom is -0.497 e. The van der Waals surface area contributed by atoms with Crippen molar-refractivity contribution in [1.82, 2.24) is 4.90 Å². The van der Waals surface area contributed by atoms with Gasteiger partial charge in [0.05, 0.1) is 7.11 Å². The molecule has 0 bridgehead atoms. The largest absolute Gasteiger partial charge is 0.497 e. The lowest BCUT2D eigenvalue weighted by Gasteiger charge is -2.36. The molecule has 0 unspecified atom stereocenters. The fraction of sp³-hybridized carbons (Fsp3) is 0.500. The highest BCUT2D eigenvalue weighted by atomic mass is 16.5. The second-order valence-corrected chi connectivity index (χ2v) is 7.87. The Hall–Kier alpha value is -1.87. The van der Waals surface area contributed by atoms with E-state index in [2.05, 4.69) is 11.8 Å². The lowest BCUT2D eigenvalue weighted by Crippen LogP contribution is -2.43. The summed E-state index contributed by atoms with van der Waals surface area (Å²) in [5.74, 6) is 2.64. The quantitative estimate of drug-likeness (QED) is 0.758.